The van der Waals surface area contributed by atoms with Gasteiger partial charge in [-0.3, -0.25) is 10.1 Å². The van der Waals surface area contributed by atoms with Crippen molar-refractivity contribution in [2.45, 2.75) is 96.3 Å². The zero-order valence-electron chi connectivity index (χ0n) is 28.8. The Morgan fingerprint density at radius 3 is 2.28 bits per heavy atom. The molecule has 47 heavy (non-hydrogen) atoms. The van der Waals surface area contributed by atoms with E-state index in [4.69, 9.17) is 20.8 Å². The smallest absolute Gasteiger partial charge is 0.295 e. The molecular formula is C32H44ClFN6O5SSi. The van der Waals surface area contributed by atoms with Gasteiger partial charge in [-0.2, -0.15) is 0 Å². The molecule has 0 aliphatic heterocycles. The van der Waals surface area contributed by atoms with E-state index in [2.05, 4.69) is 58.5 Å². The van der Waals surface area contributed by atoms with Gasteiger partial charge in [-0.15, -0.1) is 0 Å². The van der Waals surface area contributed by atoms with Crippen LogP contribution < -0.4 is 10.1 Å². The standard InChI is InChI=1S/C32H44ClFN6O5SSi/c1-30(2,3)46(43)38-15-12-23(27-26(44-9)13-14-35-28(27)33)39-24-16-21(22(34)17-25(24)40(41)42)20-18-36-29(37-19-20)32(7,8)45-47(10,11)31(4,5)6/h13-19,23,39H,12H2,1-11H3/t23-,46-/m1/s1. The molecule has 0 aliphatic rings. The minimum Gasteiger partial charge on any atom is -0.591 e. The molecule has 0 radical (unpaired) electrons. The maximum Gasteiger partial charge on any atom is 0.295 e. The van der Waals surface area contributed by atoms with Crippen molar-refractivity contribution < 1.29 is 23.0 Å². The number of benzene rings is 1. The van der Waals surface area contributed by atoms with Crippen LogP contribution in [0.2, 0.25) is 23.3 Å². The summed E-state index contributed by atoms with van der Waals surface area (Å²) < 4.78 is 43.8. The normalized spacial score (nSPS) is 14.3. The van der Waals surface area contributed by atoms with Crippen LogP contribution in [-0.2, 0) is 21.4 Å². The van der Waals surface area contributed by atoms with Gasteiger partial charge in [0.15, 0.2) is 14.1 Å². The second-order valence-electron chi connectivity index (χ2n) is 14.1. The van der Waals surface area contributed by atoms with Crippen LogP contribution in [0.25, 0.3) is 11.1 Å². The van der Waals surface area contributed by atoms with Gasteiger partial charge in [-0.05, 0) is 64.9 Å². The van der Waals surface area contributed by atoms with Crippen molar-refractivity contribution in [1.82, 2.24) is 15.0 Å². The van der Waals surface area contributed by atoms with Crippen molar-refractivity contribution in [3.05, 3.63) is 69.3 Å². The summed E-state index contributed by atoms with van der Waals surface area (Å²) in [5, 5.41) is 15.3. The fourth-order valence-electron chi connectivity index (χ4n) is 4.40. The number of nitrogens with one attached hydrogen (secondary N) is 1. The van der Waals surface area contributed by atoms with Crippen LogP contribution in [0.4, 0.5) is 15.8 Å². The third-order valence-corrected chi connectivity index (χ3v) is 14.3. The summed E-state index contributed by atoms with van der Waals surface area (Å²) >= 11 is 4.95. The number of pyridine rings is 1. The van der Waals surface area contributed by atoms with E-state index >= 15 is 4.39 Å². The highest BCUT2D eigenvalue weighted by molar-refractivity contribution is 7.91. The topological polar surface area (TPSA) is 148 Å². The molecule has 2 atom stereocenters. The zero-order valence-corrected chi connectivity index (χ0v) is 31.3. The lowest BCUT2D eigenvalue weighted by molar-refractivity contribution is -0.384. The van der Waals surface area contributed by atoms with Crippen molar-refractivity contribution >= 4 is 48.9 Å². The molecule has 2 heterocycles. The first-order valence-electron chi connectivity index (χ1n) is 15.0. The van der Waals surface area contributed by atoms with Gasteiger partial charge in [0, 0.05) is 36.1 Å². The van der Waals surface area contributed by atoms with Crippen molar-refractivity contribution in [2.75, 3.05) is 12.4 Å². The van der Waals surface area contributed by atoms with Gasteiger partial charge in [0.2, 0.25) is 0 Å². The predicted molar refractivity (Wildman–Crippen MR) is 189 cm³/mol. The van der Waals surface area contributed by atoms with Crippen molar-refractivity contribution in [3.63, 3.8) is 0 Å². The summed E-state index contributed by atoms with van der Waals surface area (Å²) in [5.41, 5.74) is -0.584. The van der Waals surface area contributed by atoms with Crippen LogP contribution in [0.5, 0.6) is 5.75 Å². The summed E-state index contributed by atoms with van der Waals surface area (Å²) in [6.45, 7) is 19.9. The first-order valence-corrected chi connectivity index (χ1v) is 19.4. The Hall–Kier alpha value is -3.17. The molecule has 11 nitrogen and oxygen atoms in total. The third kappa shape index (κ3) is 9.25. The number of methoxy groups -OCH3 is 1. The van der Waals surface area contributed by atoms with Crippen LogP contribution >= 0.6 is 11.6 Å². The Morgan fingerprint density at radius 2 is 1.74 bits per heavy atom. The Balaban J connectivity index is 2.08. The maximum absolute atomic E-state index is 15.5. The van der Waals surface area contributed by atoms with E-state index < -0.39 is 52.5 Å². The van der Waals surface area contributed by atoms with Crippen LogP contribution in [0, 0.1) is 15.9 Å². The van der Waals surface area contributed by atoms with Gasteiger partial charge < -0.3 is 19.0 Å². The molecule has 3 aromatic rings. The lowest BCUT2D eigenvalue weighted by Crippen LogP contribution is -2.46. The largest absolute Gasteiger partial charge is 0.591 e. The first-order chi connectivity index (χ1) is 21.6. The predicted octanol–water partition coefficient (Wildman–Crippen LogP) is 8.58. The van der Waals surface area contributed by atoms with E-state index in [-0.39, 0.29) is 27.9 Å². The summed E-state index contributed by atoms with van der Waals surface area (Å²) in [6.07, 6.45) is 5.96. The molecule has 2 aromatic heterocycles. The number of ether oxygens (including phenoxy) is 1. The number of halogens is 2. The second kappa shape index (κ2) is 14.5. The average Bonchev–Trinajstić information content (AvgIpc) is 2.95. The maximum atomic E-state index is 15.5. The van der Waals surface area contributed by atoms with E-state index in [0.29, 0.717) is 22.7 Å². The van der Waals surface area contributed by atoms with E-state index in [1.807, 2.05) is 13.8 Å². The number of nitro benzene ring substituents is 1. The molecule has 256 valence electrons. The number of aromatic nitrogens is 3. The third-order valence-electron chi connectivity index (χ3n) is 7.93. The Bertz CT molecular complexity index is 1610. The Morgan fingerprint density at radius 1 is 1.13 bits per heavy atom. The number of nitro groups is 1. The molecule has 3 rings (SSSR count). The average molecular weight is 707 g/mol. The molecule has 1 aromatic carbocycles. The van der Waals surface area contributed by atoms with Gasteiger partial charge in [-0.1, -0.05) is 36.8 Å². The van der Waals surface area contributed by atoms with Gasteiger partial charge in [0.25, 0.3) is 5.69 Å². The zero-order chi connectivity index (χ0) is 35.5. The van der Waals surface area contributed by atoms with E-state index in [1.54, 1.807) is 26.8 Å². The number of rotatable bonds is 12. The fraction of sp³-hybridized carbons (Fsp3) is 0.500. The highest BCUT2D eigenvalue weighted by Crippen LogP contribution is 2.42. The van der Waals surface area contributed by atoms with Crippen molar-refractivity contribution in [2.24, 2.45) is 4.40 Å². The Kier molecular flexibility index (Phi) is 11.8. The van der Waals surface area contributed by atoms with Gasteiger partial charge in [0.05, 0.1) is 35.9 Å². The quantitative estimate of drug-likeness (QED) is 0.0488. The van der Waals surface area contributed by atoms with Gasteiger partial charge in [0.1, 0.15) is 44.1 Å². The van der Waals surface area contributed by atoms with Gasteiger partial charge >= 0.3 is 0 Å². The number of anilines is 1. The SMILES string of the molecule is COc1ccnc(Cl)c1[C@@H](CC=N[S@+]([O-])C(C)(C)C)Nc1cc(-c2cnc(C(C)(C)O[Si](C)(C)C(C)(C)C)nc2)c(F)cc1[N+](=O)[O-]. The van der Waals surface area contributed by atoms with Gasteiger partial charge in [-0.25, -0.2) is 19.3 Å². The molecule has 0 bridgehead atoms. The second-order valence-corrected chi connectivity index (χ2v) is 21.1. The molecule has 1 N–H and O–H groups in total. The lowest BCUT2D eigenvalue weighted by atomic mass is 10.0. The number of hydrogen-bond donors (Lipinski definition) is 1. The molecule has 0 saturated heterocycles. The molecule has 0 fully saturated rings. The summed E-state index contributed by atoms with van der Waals surface area (Å²) in [6, 6.07) is 2.98. The number of hydrogen-bond acceptors (Lipinski definition) is 10. The highest BCUT2D eigenvalue weighted by Gasteiger charge is 2.43. The minimum absolute atomic E-state index is 0.00520. The summed E-state index contributed by atoms with van der Waals surface area (Å²) in [4.78, 5) is 24.6. The van der Waals surface area contributed by atoms with Crippen LogP contribution in [0.1, 0.15) is 79.2 Å². The molecule has 0 saturated carbocycles. The molecular weight excluding hydrogens is 663 g/mol. The molecule has 0 spiro atoms. The van der Waals surface area contributed by atoms with Crippen molar-refractivity contribution in [3.8, 4) is 16.9 Å². The highest BCUT2D eigenvalue weighted by atomic mass is 35.5. The van der Waals surface area contributed by atoms with E-state index in [9.17, 15) is 14.7 Å². The molecule has 0 unspecified atom stereocenters. The molecule has 0 amide bonds. The van der Waals surface area contributed by atoms with E-state index in [1.165, 1.54) is 38.0 Å². The summed E-state index contributed by atoms with van der Waals surface area (Å²) in [5.74, 6) is -0.0348. The van der Waals surface area contributed by atoms with Crippen molar-refractivity contribution in [1.29, 1.82) is 0 Å². The summed E-state index contributed by atoms with van der Waals surface area (Å²) in [7, 11) is -0.722. The molecule has 15 heteroatoms. The Labute approximate surface area is 285 Å². The minimum atomic E-state index is -2.18. The van der Waals surface area contributed by atoms with E-state index in [0.717, 1.165) is 6.07 Å². The first kappa shape index (κ1) is 38.3. The monoisotopic (exact) mass is 706 g/mol. The number of nitrogens with zero attached hydrogens (tertiary/aromatic N) is 5. The fourth-order valence-corrected chi connectivity index (χ4v) is 6.89. The van der Waals surface area contributed by atoms with Crippen LogP contribution in [0.15, 0.2) is 41.2 Å². The molecule has 0 aliphatic carbocycles. The van der Waals surface area contributed by atoms with Crippen LogP contribution in [0.3, 0.4) is 0 Å². The lowest BCUT2D eigenvalue weighted by Gasteiger charge is -2.42. The van der Waals surface area contributed by atoms with Crippen LogP contribution in [-0.4, -0.2) is 50.8 Å².